The fourth-order valence-electron chi connectivity index (χ4n) is 5.03. The van der Waals surface area contributed by atoms with Gasteiger partial charge in [-0.1, -0.05) is 97.1 Å². The maximum absolute atomic E-state index is 2.32. The van der Waals surface area contributed by atoms with Crippen LogP contribution in [0.15, 0.2) is 164 Å². The van der Waals surface area contributed by atoms with Crippen molar-refractivity contribution in [1.29, 1.82) is 0 Å². The molecule has 0 heterocycles. The van der Waals surface area contributed by atoms with Gasteiger partial charge in [0.2, 0.25) is 0 Å². The van der Waals surface area contributed by atoms with Gasteiger partial charge in [0.05, 0.1) is 0 Å². The van der Waals surface area contributed by atoms with Crippen LogP contribution in [0.1, 0.15) is 5.56 Å². The maximum atomic E-state index is 2.32. The summed E-state index contributed by atoms with van der Waals surface area (Å²) in [4.78, 5) is 4.60. The molecule has 6 aromatic rings. The number of rotatable bonds is 7. The molecule has 0 amide bonds. The number of hydrogen-bond donors (Lipinski definition) is 0. The monoisotopic (exact) mass is 502 g/mol. The predicted octanol–water partition coefficient (Wildman–Crippen LogP) is 10.6. The zero-order chi connectivity index (χ0) is 26.4. The van der Waals surface area contributed by atoms with Crippen molar-refractivity contribution in [2.45, 2.75) is 6.92 Å². The van der Waals surface area contributed by atoms with Gasteiger partial charge >= 0.3 is 0 Å². The minimum atomic E-state index is 1.13. The number of para-hydroxylation sites is 4. The van der Waals surface area contributed by atoms with Gasteiger partial charge in [-0.25, -0.2) is 0 Å². The van der Waals surface area contributed by atoms with Crippen LogP contribution < -0.4 is 9.80 Å². The zero-order valence-corrected chi connectivity index (χ0v) is 22.0. The zero-order valence-electron chi connectivity index (χ0n) is 22.0. The molecule has 0 aliphatic rings. The van der Waals surface area contributed by atoms with Crippen LogP contribution in [0.25, 0.3) is 11.1 Å². The summed E-state index contributed by atoms with van der Waals surface area (Å²) in [5, 5.41) is 0. The van der Waals surface area contributed by atoms with Crippen LogP contribution in [-0.4, -0.2) is 0 Å². The molecule has 0 unspecified atom stereocenters. The standard InChI is InChI=1S/C37H30N2/c1-29-13-11-12-20-37(29)39(34-18-9-4-10-19-34)36-27-23-31(24-28-36)30-21-25-35(26-22-30)38(32-14-5-2-6-15-32)33-16-7-3-8-17-33/h2-28H,1H3. The molecule has 0 spiro atoms. The molecule has 39 heavy (non-hydrogen) atoms. The van der Waals surface area contributed by atoms with Crippen molar-refractivity contribution in [3.8, 4) is 11.1 Å². The van der Waals surface area contributed by atoms with E-state index in [2.05, 4.69) is 181 Å². The molecule has 6 rings (SSSR count). The second-order valence-corrected chi connectivity index (χ2v) is 9.56. The van der Waals surface area contributed by atoms with Gasteiger partial charge in [0.1, 0.15) is 0 Å². The molecule has 0 bridgehead atoms. The van der Waals surface area contributed by atoms with Gasteiger partial charge < -0.3 is 9.80 Å². The van der Waals surface area contributed by atoms with Crippen LogP contribution in [0.4, 0.5) is 34.1 Å². The predicted molar refractivity (Wildman–Crippen MR) is 166 cm³/mol. The molecule has 2 heteroatoms. The molecule has 0 saturated heterocycles. The molecule has 0 fully saturated rings. The third-order valence-electron chi connectivity index (χ3n) is 6.98. The van der Waals surface area contributed by atoms with E-state index in [0.29, 0.717) is 0 Å². The maximum Gasteiger partial charge on any atom is 0.0490 e. The Hall–Kier alpha value is -5.08. The molecule has 0 aliphatic carbocycles. The molecule has 2 nitrogen and oxygen atoms in total. The average Bonchev–Trinajstić information content (AvgIpc) is 3.01. The minimum absolute atomic E-state index is 1.13. The van der Waals surface area contributed by atoms with Crippen molar-refractivity contribution in [1.82, 2.24) is 0 Å². The molecule has 0 N–H and O–H groups in total. The van der Waals surface area contributed by atoms with E-state index in [0.717, 1.165) is 28.4 Å². The Kier molecular flexibility index (Phi) is 6.92. The van der Waals surface area contributed by atoms with Crippen molar-refractivity contribution in [3.63, 3.8) is 0 Å². The number of hydrogen-bond acceptors (Lipinski definition) is 2. The number of nitrogens with zero attached hydrogens (tertiary/aromatic N) is 2. The second-order valence-electron chi connectivity index (χ2n) is 9.56. The molecule has 0 atom stereocenters. The topological polar surface area (TPSA) is 6.48 Å². The summed E-state index contributed by atoms with van der Waals surface area (Å²) in [6.07, 6.45) is 0. The van der Waals surface area contributed by atoms with E-state index in [9.17, 15) is 0 Å². The second kappa shape index (κ2) is 11.1. The molecule has 188 valence electrons. The third kappa shape index (κ3) is 5.18. The number of aryl methyl sites for hydroxylation is 1. The van der Waals surface area contributed by atoms with E-state index in [1.807, 2.05) is 0 Å². The first kappa shape index (κ1) is 24.3. The highest BCUT2D eigenvalue weighted by molar-refractivity contribution is 5.81. The first-order valence-corrected chi connectivity index (χ1v) is 13.3. The fraction of sp³-hybridized carbons (Fsp3) is 0.0270. The molecule has 6 aromatic carbocycles. The van der Waals surface area contributed by atoms with Crippen LogP contribution in [-0.2, 0) is 0 Å². The van der Waals surface area contributed by atoms with E-state index in [-0.39, 0.29) is 0 Å². The van der Waals surface area contributed by atoms with Crippen LogP contribution in [0.3, 0.4) is 0 Å². The Labute approximate surface area is 231 Å². The summed E-state index contributed by atoms with van der Waals surface area (Å²) >= 11 is 0. The largest absolute Gasteiger partial charge is 0.311 e. The first-order chi connectivity index (χ1) is 19.3. The SMILES string of the molecule is Cc1ccccc1N(c1ccccc1)c1ccc(-c2ccc(N(c3ccccc3)c3ccccc3)cc2)cc1. The summed E-state index contributed by atoms with van der Waals surface area (Å²) in [7, 11) is 0. The quantitative estimate of drug-likeness (QED) is 0.214. The van der Waals surface area contributed by atoms with Gasteiger partial charge in [-0.15, -0.1) is 0 Å². The molecular formula is C37H30N2. The Bertz CT molecular complexity index is 1590. The van der Waals surface area contributed by atoms with Crippen molar-refractivity contribution in [2.75, 3.05) is 9.80 Å². The van der Waals surface area contributed by atoms with E-state index < -0.39 is 0 Å². The van der Waals surface area contributed by atoms with Gasteiger partial charge in [-0.2, -0.15) is 0 Å². The Morgan fingerprint density at radius 2 is 0.641 bits per heavy atom. The molecule has 0 aliphatic heterocycles. The van der Waals surface area contributed by atoms with Crippen molar-refractivity contribution in [2.24, 2.45) is 0 Å². The van der Waals surface area contributed by atoms with Gasteiger partial charge in [-0.3, -0.25) is 0 Å². The number of anilines is 6. The van der Waals surface area contributed by atoms with Gasteiger partial charge in [0.25, 0.3) is 0 Å². The van der Waals surface area contributed by atoms with Gasteiger partial charge in [0.15, 0.2) is 0 Å². The van der Waals surface area contributed by atoms with Crippen LogP contribution in [0.2, 0.25) is 0 Å². The normalized spacial score (nSPS) is 10.7. The molecule has 0 saturated carbocycles. The summed E-state index contributed by atoms with van der Waals surface area (Å²) in [5.74, 6) is 0. The minimum Gasteiger partial charge on any atom is -0.311 e. The highest BCUT2D eigenvalue weighted by Crippen LogP contribution is 2.38. The first-order valence-electron chi connectivity index (χ1n) is 13.3. The summed E-state index contributed by atoms with van der Waals surface area (Å²) < 4.78 is 0. The van der Waals surface area contributed by atoms with Crippen molar-refractivity contribution in [3.05, 3.63) is 169 Å². The Balaban J connectivity index is 1.32. The number of benzene rings is 6. The van der Waals surface area contributed by atoms with E-state index in [1.165, 1.54) is 22.4 Å². The lowest BCUT2D eigenvalue weighted by atomic mass is 10.0. The van der Waals surface area contributed by atoms with Crippen molar-refractivity contribution < 1.29 is 0 Å². The third-order valence-corrected chi connectivity index (χ3v) is 6.98. The Morgan fingerprint density at radius 3 is 1.08 bits per heavy atom. The van der Waals surface area contributed by atoms with Crippen LogP contribution in [0, 0.1) is 6.92 Å². The fourth-order valence-corrected chi connectivity index (χ4v) is 5.03. The Morgan fingerprint density at radius 1 is 0.308 bits per heavy atom. The highest BCUT2D eigenvalue weighted by Gasteiger charge is 2.15. The summed E-state index contributed by atoms with van der Waals surface area (Å²) in [6.45, 7) is 2.16. The smallest absolute Gasteiger partial charge is 0.0490 e. The average molecular weight is 503 g/mol. The van der Waals surface area contributed by atoms with E-state index in [4.69, 9.17) is 0 Å². The van der Waals surface area contributed by atoms with E-state index >= 15 is 0 Å². The van der Waals surface area contributed by atoms with Gasteiger partial charge in [0, 0.05) is 34.1 Å². The van der Waals surface area contributed by atoms with Crippen LogP contribution in [0.5, 0.6) is 0 Å². The molecular weight excluding hydrogens is 472 g/mol. The molecule has 0 radical (unpaired) electrons. The summed E-state index contributed by atoms with van der Waals surface area (Å²) in [5.41, 5.74) is 10.5. The van der Waals surface area contributed by atoms with Crippen LogP contribution >= 0.6 is 0 Å². The lowest BCUT2D eigenvalue weighted by Crippen LogP contribution is -2.11. The molecule has 0 aromatic heterocycles. The van der Waals surface area contributed by atoms with Crippen molar-refractivity contribution >= 4 is 34.1 Å². The van der Waals surface area contributed by atoms with Gasteiger partial charge in [-0.05, 0) is 90.3 Å². The summed E-state index contributed by atoms with van der Waals surface area (Å²) in [6, 6.07) is 57.8. The van der Waals surface area contributed by atoms with E-state index in [1.54, 1.807) is 0 Å². The lowest BCUT2D eigenvalue weighted by molar-refractivity contribution is 1.25. The highest BCUT2D eigenvalue weighted by atomic mass is 15.1. The lowest BCUT2D eigenvalue weighted by Gasteiger charge is -2.27.